The van der Waals surface area contributed by atoms with Crippen molar-refractivity contribution in [3.05, 3.63) is 47.5 Å². The fourth-order valence-corrected chi connectivity index (χ4v) is 4.26. The minimum absolute atomic E-state index is 0.0825. The lowest BCUT2D eigenvalue weighted by Crippen LogP contribution is -2.41. The van der Waals surface area contributed by atoms with Gasteiger partial charge in [0.15, 0.2) is 5.82 Å². The molecular formula is C21H29N5O. The Bertz CT molecular complexity index is 749. The van der Waals surface area contributed by atoms with Gasteiger partial charge in [-0.25, -0.2) is 0 Å². The zero-order valence-electron chi connectivity index (χ0n) is 15.9. The van der Waals surface area contributed by atoms with Crippen molar-refractivity contribution in [1.82, 2.24) is 25.0 Å². The normalized spacial score (nSPS) is 18.7. The number of benzene rings is 1. The smallest absolute Gasteiger partial charge is 0.234 e. The molecule has 1 amide bonds. The number of hydrogen-bond acceptors (Lipinski definition) is 4. The van der Waals surface area contributed by atoms with Crippen molar-refractivity contribution in [3.63, 3.8) is 0 Å². The van der Waals surface area contributed by atoms with E-state index in [1.54, 1.807) is 0 Å². The molecule has 1 saturated heterocycles. The number of piperidine rings is 1. The Kier molecular flexibility index (Phi) is 5.82. The summed E-state index contributed by atoms with van der Waals surface area (Å²) in [5.41, 5.74) is 1.43. The van der Waals surface area contributed by atoms with Crippen LogP contribution in [-0.2, 0) is 24.3 Å². The number of hydrogen-bond donors (Lipinski definition) is 1. The van der Waals surface area contributed by atoms with Gasteiger partial charge in [0.25, 0.3) is 0 Å². The second-order valence-corrected chi connectivity index (χ2v) is 7.73. The van der Waals surface area contributed by atoms with E-state index in [2.05, 4.69) is 55.3 Å². The Morgan fingerprint density at radius 2 is 1.85 bits per heavy atom. The monoisotopic (exact) mass is 367 g/mol. The molecule has 0 unspecified atom stereocenters. The van der Waals surface area contributed by atoms with Crippen LogP contribution in [0.25, 0.3) is 0 Å². The third-order valence-electron chi connectivity index (χ3n) is 5.86. The van der Waals surface area contributed by atoms with Crippen LogP contribution in [0.3, 0.4) is 0 Å². The highest BCUT2D eigenvalue weighted by atomic mass is 16.2. The zero-order valence-corrected chi connectivity index (χ0v) is 15.9. The molecular weight excluding hydrogens is 338 g/mol. The molecule has 1 aromatic heterocycles. The molecule has 6 nitrogen and oxygen atoms in total. The zero-order chi connectivity index (χ0) is 18.5. The molecule has 2 aromatic rings. The van der Waals surface area contributed by atoms with Crippen molar-refractivity contribution in [2.24, 2.45) is 0 Å². The lowest BCUT2D eigenvalue weighted by atomic mass is 9.89. The van der Waals surface area contributed by atoms with E-state index in [1.165, 1.54) is 24.8 Å². The van der Waals surface area contributed by atoms with E-state index in [0.717, 1.165) is 50.5 Å². The van der Waals surface area contributed by atoms with Gasteiger partial charge in [-0.1, -0.05) is 36.8 Å². The van der Waals surface area contributed by atoms with E-state index in [-0.39, 0.29) is 5.91 Å². The van der Waals surface area contributed by atoms with Gasteiger partial charge in [0.2, 0.25) is 5.91 Å². The third-order valence-corrected chi connectivity index (χ3v) is 5.86. The summed E-state index contributed by atoms with van der Waals surface area (Å²) in [6.07, 6.45) is 6.83. The summed E-state index contributed by atoms with van der Waals surface area (Å²) in [4.78, 5) is 14.6. The maximum atomic E-state index is 12.4. The number of fused-ring (bicyclic) bond motifs is 1. The molecule has 0 saturated carbocycles. The van der Waals surface area contributed by atoms with Gasteiger partial charge in [0.1, 0.15) is 5.82 Å². The molecule has 0 aliphatic carbocycles. The van der Waals surface area contributed by atoms with Crippen LogP contribution in [0.4, 0.5) is 0 Å². The molecule has 2 aliphatic rings. The van der Waals surface area contributed by atoms with Gasteiger partial charge in [-0.15, -0.1) is 10.2 Å². The lowest BCUT2D eigenvalue weighted by molar-refractivity contribution is -0.122. The average Bonchev–Trinajstić information content (AvgIpc) is 2.93. The molecule has 1 aromatic carbocycles. The van der Waals surface area contributed by atoms with Crippen LogP contribution in [0.1, 0.15) is 55.2 Å². The minimum Gasteiger partial charge on any atom is -0.348 e. The first-order chi connectivity index (χ1) is 13.3. The predicted molar refractivity (Wildman–Crippen MR) is 104 cm³/mol. The predicted octanol–water partition coefficient (Wildman–Crippen LogP) is 2.50. The van der Waals surface area contributed by atoms with Crippen molar-refractivity contribution in [2.75, 3.05) is 19.6 Å². The number of carbonyl (C=O) groups is 1. The number of likely N-dealkylation sites (tertiary alicyclic amines) is 1. The van der Waals surface area contributed by atoms with Crippen molar-refractivity contribution in [2.45, 2.75) is 57.5 Å². The van der Waals surface area contributed by atoms with E-state index in [1.807, 2.05) is 0 Å². The molecule has 6 heteroatoms. The number of carbonyl (C=O) groups excluding carboxylic acids is 1. The second-order valence-electron chi connectivity index (χ2n) is 7.73. The first-order valence-corrected chi connectivity index (χ1v) is 10.2. The van der Waals surface area contributed by atoms with Crippen LogP contribution < -0.4 is 5.32 Å². The quantitative estimate of drug-likeness (QED) is 0.882. The van der Waals surface area contributed by atoms with Gasteiger partial charge < -0.3 is 9.88 Å². The fourth-order valence-electron chi connectivity index (χ4n) is 4.26. The lowest BCUT2D eigenvalue weighted by Gasteiger charge is -2.31. The third kappa shape index (κ3) is 4.56. The Labute approximate surface area is 161 Å². The van der Waals surface area contributed by atoms with E-state index in [0.29, 0.717) is 19.0 Å². The Hall–Kier alpha value is -2.21. The maximum Gasteiger partial charge on any atom is 0.234 e. The van der Waals surface area contributed by atoms with Gasteiger partial charge >= 0.3 is 0 Å². The molecule has 0 bridgehead atoms. The van der Waals surface area contributed by atoms with Crippen LogP contribution in [-0.4, -0.2) is 45.2 Å². The molecule has 144 valence electrons. The van der Waals surface area contributed by atoms with Crippen LogP contribution in [0.5, 0.6) is 0 Å². The van der Waals surface area contributed by atoms with Gasteiger partial charge in [-0.05, 0) is 50.3 Å². The molecule has 1 fully saturated rings. The number of aryl methyl sites for hydroxylation is 1. The summed E-state index contributed by atoms with van der Waals surface area (Å²) in [6, 6.07) is 10.7. The van der Waals surface area contributed by atoms with Crippen LogP contribution in [0.15, 0.2) is 30.3 Å². The molecule has 0 atom stereocenters. The summed E-state index contributed by atoms with van der Waals surface area (Å²) in [6.45, 7) is 3.88. The van der Waals surface area contributed by atoms with Gasteiger partial charge in [-0.3, -0.25) is 9.69 Å². The Morgan fingerprint density at radius 1 is 1.04 bits per heavy atom. The van der Waals surface area contributed by atoms with Gasteiger partial charge in [0.05, 0.1) is 13.1 Å². The Balaban J connectivity index is 1.23. The molecule has 27 heavy (non-hydrogen) atoms. The maximum absolute atomic E-state index is 12.4. The van der Waals surface area contributed by atoms with Crippen molar-refractivity contribution >= 4 is 5.91 Å². The highest BCUT2D eigenvalue weighted by molar-refractivity contribution is 5.77. The van der Waals surface area contributed by atoms with Crippen molar-refractivity contribution in [1.29, 1.82) is 0 Å². The molecule has 0 radical (unpaired) electrons. The van der Waals surface area contributed by atoms with Crippen LogP contribution in [0, 0.1) is 0 Å². The highest BCUT2D eigenvalue weighted by Gasteiger charge is 2.22. The van der Waals surface area contributed by atoms with Crippen LogP contribution in [0.2, 0.25) is 0 Å². The van der Waals surface area contributed by atoms with Gasteiger partial charge in [-0.2, -0.15) is 0 Å². The molecule has 0 spiro atoms. The van der Waals surface area contributed by atoms with E-state index < -0.39 is 0 Å². The number of aromatic nitrogens is 3. The van der Waals surface area contributed by atoms with E-state index >= 15 is 0 Å². The number of amides is 1. The first-order valence-electron chi connectivity index (χ1n) is 10.2. The summed E-state index contributed by atoms with van der Waals surface area (Å²) < 4.78 is 2.19. The minimum atomic E-state index is 0.0825. The molecule has 4 rings (SSSR count). The van der Waals surface area contributed by atoms with Crippen molar-refractivity contribution in [3.8, 4) is 0 Å². The molecule has 2 aliphatic heterocycles. The van der Waals surface area contributed by atoms with Gasteiger partial charge in [0, 0.05) is 13.0 Å². The number of nitrogens with zero attached hydrogens (tertiary/aromatic N) is 4. The summed E-state index contributed by atoms with van der Waals surface area (Å²) in [5, 5.41) is 11.6. The van der Waals surface area contributed by atoms with Crippen molar-refractivity contribution < 1.29 is 4.79 Å². The topological polar surface area (TPSA) is 63.1 Å². The average molecular weight is 367 g/mol. The fraction of sp³-hybridized carbons (Fsp3) is 0.571. The summed E-state index contributed by atoms with van der Waals surface area (Å²) >= 11 is 0. The second kappa shape index (κ2) is 8.65. The standard InChI is InChI=1S/C21H29N5O/c27-21(22-15-20-24-23-19-9-5-2-6-12-26(19)20)16-25-13-10-18(11-14-25)17-7-3-1-4-8-17/h1,3-4,7-8,18H,2,5-6,9-16H2,(H,22,27). The molecule has 3 heterocycles. The molecule has 1 N–H and O–H groups in total. The SMILES string of the molecule is O=C(CN1CCC(c2ccccc2)CC1)NCc1nnc2n1CCCCC2. The highest BCUT2D eigenvalue weighted by Crippen LogP contribution is 2.27. The summed E-state index contributed by atoms with van der Waals surface area (Å²) in [7, 11) is 0. The van der Waals surface area contributed by atoms with Crippen LogP contribution >= 0.6 is 0 Å². The summed E-state index contributed by atoms with van der Waals surface area (Å²) in [5.74, 6) is 2.67. The number of rotatable bonds is 5. The number of nitrogens with one attached hydrogen (secondary N) is 1. The Morgan fingerprint density at radius 3 is 2.67 bits per heavy atom. The largest absolute Gasteiger partial charge is 0.348 e. The van der Waals surface area contributed by atoms with E-state index in [4.69, 9.17) is 0 Å². The first kappa shape index (κ1) is 18.2. The van der Waals surface area contributed by atoms with E-state index in [9.17, 15) is 4.79 Å².